The normalized spacial score (nSPS) is 10.9. The van der Waals surface area contributed by atoms with Crippen LogP contribution in [0.15, 0.2) is 52.1 Å². The summed E-state index contributed by atoms with van der Waals surface area (Å²) < 4.78 is 28.0. The molecule has 0 spiro atoms. The van der Waals surface area contributed by atoms with Crippen molar-refractivity contribution in [3.8, 4) is 0 Å². The van der Waals surface area contributed by atoms with Crippen molar-refractivity contribution in [2.24, 2.45) is 0 Å². The molecule has 0 saturated carbocycles. The summed E-state index contributed by atoms with van der Waals surface area (Å²) in [5, 5.41) is 0.353. The van der Waals surface area contributed by atoms with Crippen LogP contribution in [-0.2, 0) is 17.9 Å². The Morgan fingerprint density at radius 3 is 2.63 bits per heavy atom. The Bertz CT molecular complexity index is 1120. The van der Waals surface area contributed by atoms with Crippen LogP contribution in [0.2, 0.25) is 0 Å². The van der Waals surface area contributed by atoms with Crippen LogP contribution in [0, 0.1) is 11.6 Å². The van der Waals surface area contributed by atoms with E-state index >= 15 is 0 Å². The van der Waals surface area contributed by atoms with Gasteiger partial charge in [0.15, 0.2) is 0 Å². The molecule has 6 nitrogen and oxygen atoms in total. The van der Waals surface area contributed by atoms with Gasteiger partial charge in [-0.25, -0.2) is 13.6 Å². The molecular formula is C19H17F2N3O3. The predicted molar refractivity (Wildman–Crippen MR) is 96.3 cm³/mol. The highest BCUT2D eigenvalue weighted by atomic mass is 19.1. The molecule has 1 amide bonds. The topological polar surface area (TPSA) is 75.2 Å². The molecule has 0 aliphatic carbocycles. The van der Waals surface area contributed by atoms with Gasteiger partial charge in [-0.05, 0) is 18.2 Å². The Labute approximate surface area is 152 Å². The van der Waals surface area contributed by atoms with E-state index in [0.29, 0.717) is 10.9 Å². The molecule has 1 N–H and O–H groups in total. The molecule has 8 heteroatoms. The first kappa shape index (κ1) is 18.5. The number of H-pyrrole nitrogens is 1. The minimum absolute atomic E-state index is 0.0186. The summed E-state index contributed by atoms with van der Waals surface area (Å²) in [6, 6.07) is 9.78. The zero-order valence-electron chi connectivity index (χ0n) is 14.5. The van der Waals surface area contributed by atoms with E-state index in [1.54, 1.807) is 24.3 Å². The highest BCUT2D eigenvalue weighted by Crippen LogP contribution is 2.13. The molecule has 1 aromatic heterocycles. The average molecular weight is 373 g/mol. The monoisotopic (exact) mass is 373 g/mol. The van der Waals surface area contributed by atoms with Crippen molar-refractivity contribution in [2.75, 3.05) is 7.05 Å². The number of nitrogens with one attached hydrogen (secondary N) is 1. The maximum atomic E-state index is 13.7. The van der Waals surface area contributed by atoms with Gasteiger partial charge in [0, 0.05) is 38.2 Å². The lowest BCUT2D eigenvalue weighted by atomic mass is 10.2. The predicted octanol–water partition coefficient (Wildman–Crippen LogP) is 2.02. The van der Waals surface area contributed by atoms with E-state index in [-0.39, 0.29) is 31.0 Å². The van der Waals surface area contributed by atoms with Crippen LogP contribution >= 0.6 is 0 Å². The number of hydrogen-bond donors (Lipinski definition) is 1. The number of aryl methyl sites for hydroxylation is 1. The average Bonchev–Trinajstić information content (AvgIpc) is 2.63. The molecule has 140 valence electrons. The Balaban J connectivity index is 1.75. The fraction of sp³-hybridized carbons (Fsp3) is 0.211. The number of hydrogen-bond acceptors (Lipinski definition) is 3. The highest BCUT2D eigenvalue weighted by Gasteiger charge is 2.14. The van der Waals surface area contributed by atoms with Gasteiger partial charge >= 0.3 is 5.69 Å². The fourth-order valence-corrected chi connectivity index (χ4v) is 2.86. The van der Waals surface area contributed by atoms with E-state index in [9.17, 15) is 23.2 Å². The third-order valence-electron chi connectivity index (χ3n) is 4.30. The van der Waals surface area contributed by atoms with Crippen molar-refractivity contribution in [3.63, 3.8) is 0 Å². The lowest BCUT2D eigenvalue weighted by Crippen LogP contribution is -2.33. The number of amides is 1. The first-order valence-corrected chi connectivity index (χ1v) is 8.26. The first-order valence-electron chi connectivity index (χ1n) is 8.26. The number of aromatic nitrogens is 2. The number of carbonyl (C=O) groups is 1. The maximum absolute atomic E-state index is 13.7. The van der Waals surface area contributed by atoms with Crippen molar-refractivity contribution < 1.29 is 13.6 Å². The number of fused-ring (bicyclic) bond motifs is 1. The van der Waals surface area contributed by atoms with Crippen LogP contribution in [0.3, 0.4) is 0 Å². The quantitative estimate of drug-likeness (QED) is 0.744. The Morgan fingerprint density at radius 2 is 1.89 bits per heavy atom. The SMILES string of the molecule is CN(Cc1ccc(F)cc1F)C(=O)CCn1c(=O)[nH]c(=O)c2ccccc21. The molecule has 2 aromatic carbocycles. The van der Waals surface area contributed by atoms with Crippen molar-refractivity contribution in [1.82, 2.24) is 14.5 Å². The zero-order chi connectivity index (χ0) is 19.6. The number of nitrogens with zero attached hydrogens (tertiary/aromatic N) is 2. The molecule has 3 rings (SSSR count). The Hall–Kier alpha value is -3.29. The molecule has 0 fully saturated rings. The number of para-hydroxylation sites is 1. The molecule has 0 aliphatic rings. The largest absolute Gasteiger partial charge is 0.341 e. The number of aromatic amines is 1. The summed E-state index contributed by atoms with van der Waals surface area (Å²) in [6.07, 6.45) is -0.0186. The lowest BCUT2D eigenvalue weighted by molar-refractivity contribution is -0.130. The summed E-state index contributed by atoms with van der Waals surface area (Å²) >= 11 is 0. The molecule has 1 heterocycles. The molecule has 0 atom stereocenters. The number of carbonyl (C=O) groups excluding carboxylic acids is 1. The van der Waals surface area contributed by atoms with E-state index in [4.69, 9.17) is 0 Å². The molecular weight excluding hydrogens is 356 g/mol. The number of benzene rings is 2. The first-order chi connectivity index (χ1) is 12.9. The summed E-state index contributed by atoms with van der Waals surface area (Å²) in [6.45, 7) is 0.0391. The minimum atomic E-state index is -0.725. The van der Waals surface area contributed by atoms with Gasteiger partial charge in [-0.15, -0.1) is 0 Å². The maximum Gasteiger partial charge on any atom is 0.328 e. The second kappa shape index (κ2) is 7.53. The molecule has 0 aliphatic heterocycles. The van der Waals surface area contributed by atoms with Crippen LogP contribution in [0.4, 0.5) is 8.78 Å². The standard InChI is InChI=1S/C19H17F2N3O3/c1-23(11-12-6-7-13(20)10-15(12)21)17(25)8-9-24-16-5-3-2-4-14(16)18(26)22-19(24)27/h2-7,10H,8-9,11H2,1H3,(H,22,26,27). The second-order valence-electron chi connectivity index (χ2n) is 6.16. The van der Waals surface area contributed by atoms with Crippen LogP contribution in [0.25, 0.3) is 10.9 Å². The van der Waals surface area contributed by atoms with Gasteiger partial charge in [-0.1, -0.05) is 18.2 Å². The van der Waals surface area contributed by atoms with Gasteiger partial charge in [0.25, 0.3) is 5.56 Å². The summed E-state index contributed by atoms with van der Waals surface area (Å²) in [7, 11) is 1.50. The van der Waals surface area contributed by atoms with E-state index < -0.39 is 22.9 Å². The summed E-state index contributed by atoms with van der Waals surface area (Å²) in [5.41, 5.74) is -0.453. The summed E-state index contributed by atoms with van der Waals surface area (Å²) in [5.74, 6) is -1.73. The van der Waals surface area contributed by atoms with Crippen LogP contribution in [-0.4, -0.2) is 27.4 Å². The third-order valence-corrected chi connectivity index (χ3v) is 4.30. The summed E-state index contributed by atoms with van der Waals surface area (Å²) in [4.78, 5) is 39.8. The number of halogens is 2. The Morgan fingerprint density at radius 1 is 1.15 bits per heavy atom. The van der Waals surface area contributed by atoms with Crippen molar-refractivity contribution >= 4 is 16.8 Å². The van der Waals surface area contributed by atoms with Gasteiger partial charge in [0.2, 0.25) is 5.91 Å². The van der Waals surface area contributed by atoms with Gasteiger partial charge in [-0.3, -0.25) is 19.1 Å². The number of rotatable bonds is 5. The van der Waals surface area contributed by atoms with E-state index in [2.05, 4.69) is 4.98 Å². The van der Waals surface area contributed by atoms with Crippen LogP contribution in [0.1, 0.15) is 12.0 Å². The van der Waals surface area contributed by atoms with Crippen molar-refractivity contribution in [2.45, 2.75) is 19.5 Å². The van der Waals surface area contributed by atoms with E-state index in [1.165, 1.54) is 22.6 Å². The molecule has 3 aromatic rings. The molecule has 0 radical (unpaired) electrons. The van der Waals surface area contributed by atoms with Crippen molar-refractivity contribution in [3.05, 3.63) is 80.5 Å². The van der Waals surface area contributed by atoms with E-state index in [0.717, 1.165) is 12.1 Å². The zero-order valence-corrected chi connectivity index (χ0v) is 14.5. The van der Waals surface area contributed by atoms with Gasteiger partial charge in [-0.2, -0.15) is 0 Å². The molecule has 0 unspecified atom stereocenters. The lowest BCUT2D eigenvalue weighted by Gasteiger charge is -2.18. The van der Waals surface area contributed by atoms with Crippen LogP contribution in [0.5, 0.6) is 0 Å². The third kappa shape index (κ3) is 3.94. The smallest absolute Gasteiger partial charge is 0.328 e. The van der Waals surface area contributed by atoms with Crippen molar-refractivity contribution in [1.29, 1.82) is 0 Å². The molecule has 0 bridgehead atoms. The molecule has 0 saturated heterocycles. The minimum Gasteiger partial charge on any atom is -0.341 e. The molecule has 27 heavy (non-hydrogen) atoms. The van der Waals surface area contributed by atoms with Gasteiger partial charge in [0.05, 0.1) is 10.9 Å². The van der Waals surface area contributed by atoms with Gasteiger partial charge in [0.1, 0.15) is 11.6 Å². The van der Waals surface area contributed by atoms with Gasteiger partial charge < -0.3 is 4.90 Å². The van der Waals surface area contributed by atoms with Crippen LogP contribution < -0.4 is 11.2 Å². The van der Waals surface area contributed by atoms with E-state index in [1.807, 2.05) is 0 Å². The highest BCUT2D eigenvalue weighted by molar-refractivity contribution is 5.78. The second-order valence-corrected chi connectivity index (χ2v) is 6.16. The Kier molecular flexibility index (Phi) is 5.16. The fourth-order valence-electron chi connectivity index (χ4n) is 2.86.